The third-order valence-corrected chi connectivity index (χ3v) is 4.34. The van der Waals surface area contributed by atoms with E-state index in [0.717, 1.165) is 31.7 Å². The highest BCUT2D eigenvalue weighted by molar-refractivity contribution is 6.33. The van der Waals surface area contributed by atoms with Crippen LogP contribution in [0.3, 0.4) is 0 Å². The number of morpholine rings is 1. The van der Waals surface area contributed by atoms with E-state index in [4.69, 9.17) is 16.3 Å². The maximum absolute atomic E-state index is 12.1. The molecule has 1 aliphatic heterocycles. The van der Waals surface area contributed by atoms with Crippen LogP contribution in [0.15, 0.2) is 36.9 Å². The van der Waals surface area contributed by atoms with Gasteiger partial charge in [-0.1, -0.05) is 11.6 Å². The fourth-order valence-electron chi connectivity index (χ4n) is 2.68. The predicted octanol–water partition coefficient (Wildman–Crippen LogP) is 2.58. The number of hydrogen-bond acceptors (Lipinski definition) is 4. The first-order valence-corrected chi connectivity index (χ1v) is 8.73. The molecule has 0 unspecified atom stereocenters. The molecular formula is C17H22ClN5O2. The number of aryl methyl sites for hydroxylation is 1. The first kappa shape index (κ1) is 17.6. The summed E-state index contributed by atoms with van der Waals surface area (Å²) in [6.45, 7) is 4.48. The minimum atomic E-state index is -0.258. The molecule has 0 aliphatic carbocycles. The van der Waals surface area contributed by atoms with Gasteiger partial charge in [-0.25, -0.2) is 9.78 Å². The van der Waals surface area contributed by atoms with Crippen LogP contribution in [0.1, 0.15) is 6.42 Å². The van der Waals surface area contributed by atoms with Gasteiger partial charge in [0, 0.05) is 44.3 Å². The third kappa shape index (κ3) is 5.11. The van der Waals surface area contributed by atoms with Gasteiger partial charge in [-0.05, 0) is 24.6 Å². The van der Waals surface area contributed by atoms with Crippen LogP contribution in [0.5, 0.6) is 0 Å². The zero-order valence-electron chi connectivity index (χ0n) is 13.9. The quantitative estimate of drug-likeness (QED) is 0.774. The summed E-state index contributed by atoms with van der Waals surface area (Å²) in [7, 11) is 0. The number of halogens is 1. The Hall–Kier alpha value is -2.25. The number of imidazole rings is 1. The van der Waals surface area contributed by atoms with Crippen molar-refractivity contribution in [2.24, 2.45) is 0 Å². The SMILES string of the molecule is O=C(NCCCn1ccnc1)Nc1cc(N2CCOCC2)ccc1Cl. The van der Waals surface area contributed by atoms with E-state index in [9.17, 15) is 4.79 Å². The maximum atomic E-state index is 12.1. The van der Waals surface area contributed by atoms with Crippen LogP contribution in [0.2, 0.25) is 5.02 Å². The Morgan fingerprint density at radius 2 is 2.16 bits per heavy atom. The van der Waals surface area contributed by atoms with E-state index >= 15 is 0 Å². The molecule has 1 fully saturated rings. The molecular weight excluding hydrogens is 342 g/mol. The van der Waals surface area contributed by atoms with Crippen molar-refractivity contribution < 1.29 is 9.53 Å². The monoisotopic (exact) mass is 363 g/mol. The lowest BCUT2D eigenvalue weighted by Crippen LogP contribution is -2.36. The number of carbonyl (C=O) groups excluding carboxylic acids is 1. The fraction of sp³-hybridized carbons (Fsp3) is 0.412. The van der Waals surface area contributed by atoms with E-state index in [1.807, 2.05) is 22.9 Å². The van der Waals surface area contributed by atoms with Crippen molar-refractivity contribution >= 4 is 29.0 Å². The number of aromatic nitrogens is 2. The highest BCUT2D eigenvalue weighted by Gasteiger charge is 2.13. The number of benzene rings is 1. The van der Waals surface area contributed by atoms with Crippen LogP contribution in [-0.4, -0.2) is 48.4 Å². The maximum Gasteiger partial charge on any atom is 0.319 e. The van der Waals surface area contributed by atoms with Gasteiger partial charge in [0.05, 0.1) is 30.3 Å². The van der Waals surface area contributed by atoms with Gasteiger partial charge < -0.3 is 24.8 Å². The number of amides is 2. The van der Waals surface area contributed by atoms with E-state index in [1.165, 1.54) is 0 Å². The smallest absolute Gasteiger partial charge is 0.319 e. The van der Waals surface area contributed by atoms with Crippen molar-refractivity contribution in [2.75, 3.05) is 43.1 Å². The largest absolute Gasteiger partial charge is 0.378 e. The van der Waals surface area contributed by atoms with Crippen molar-refractivity contribution in [1.82, 2.24) is 14.9 Å². The average molecular weight is 364 g/mol. The molecule has 2 amide bonds. The topological polar surface area (TPSA) is 71.4 Å². The molecule has 1 aromatic carbocycles. The highest BCUT2D eigenvalue weighted by Crippen LogP contribution is 2.28. The molecule has 0 saturated carbocycles. The van der Waals surface area contributed by atoms with Crippen LogP contribution < -0.4 is 15.5 Å². The number of nitrogens with one attached hydrogen (secondary N) is 2. The summed E-state index contributed by atoms with van der Waals surface area (Å²) in [6.07, 6.45) is 6.23. The lowest BCUT2D eigenvalue weighted by Gasteiger charge is -2.29. The highest BCUT2D eigenvalue weighted by atomic mass is 35.5. The second kappa shape index (κ2) is 8.73. The molecule has 2 N–H and O–H groups in total. The van der Waals surface area contributed by atoms with Gasteiger partial charge in [0.15, 0.2) is 0 Å². The van der Waals surface area contributed by atoms with Gasteiger partial charge in [0.1, 0.15) is 0 Å². The van der Waals surface area contributed by atoms with Crippen molar-refractivity contribution in [1.29, 1.82) is 0 Å². The zero-order valence-corrected chi connectivity index (χ0v) is 14.7. The fourth-order valence-corrected chi connectivity index (χ4v) is 2.84. The van der Waals surface area contributed by atoms with Gasteiger partial charge >= 0.3 is 6.03 Å². The number of anilines is 2. The summed E-state index contributed by atoms with van der Waals surface area (Å²) < 4.78 is 7.34. The molecule has 0 atom stereocenters. The number of urea groups is 1. The van der Waals surface area contributed by atoms with E-state index < -0.39 is 0 Å². The van der Waals surface area contributed by atoms with Crippen molar-refractivity contribution in [2.45, 2.75) is 13.0 Å². The molecule has 0 radical (unpaired) electrons. The Kier molecular flexibility index (Phi) is 6.14. The molecule has 8 heteroatoms. The standard InChI is InChI=1S/C17H22ClN5O2/c18-15-3-2-14(23-8-10-25-11-9-23)12-16(15)21-17(24)20-4-1-6-22-7-5-19-13-22/h2-3,5,7,12-13H,1,4,6,8-11H2,(H2,20,21,24). The molecule has 7 nitrogen and oxygen atoms in total. The number of rotatable bonds is 6. The second-order valence-electron chi connectivity index (χ2n) is 5.80. The lowest BCUT2D eigenvalue weighted by atomic mass is 10.2. The van der Waals surface area contributed by atoms with Crippen molar-refractivity contribution in [3.8, 4) is 0 Å². The molecule has 1 saturated heterocycles. The molecule has 2 aromatic rings. The summed E-state index contributed by atoms with van der Waals surface area (Å²) >= 11 is 6.21. The molecule has 0 spiro atoms. The van der Waals surface area contributed by atoms with Gasteiger partial charge in [0.2, 0.25) is 0 Å². The normalized spacial score (nSPS) is 14.4. The molecule has 3 rings (SSSR count). The number of hydrogen-bond donors (Lipinski definition) is 2. The first-order valence-electron chi connectivity index (χ1n) is 8.35. The third-order valence-electron chi connectivity index (χ3n) is 4.01. The Labute approximate surface area is 151 Å². The number of nitrogens with zero attached hydrogens (tertiary/aromatic N) is 3. The number of ether oxygens (including phenoxy) is 1. The molecule has 25 heavy (non-hydrogen) atoms. The van der Waals surface area contributed by atoms with Gasteiger partial charge in [0.25, 0.3) is 0 Å². The zero-order chi connectivity index (χ0) is 17.5. The Morgan fingerprint density at radius 1 is 1.32 bits per heavy atom. The van der Waals surface area contributed by atoms with Crippen LogP contribution in [0.4, 0.5) is 16.2 Å². The minimum absolute atomic E-state index is 0.258. The molecule has 1 aliphatic rings. The van der Waals surface area contributed by atoms with Crippen molar-refractivity contribution in [3.05, 3.63) is 41.9 Å². The first-order chi connectivity index (χ1) is 12.2. The summed E-state index contributed by atoms with van der Waals surface area (Å²) in [5.41, 5.74) is 1.64. The lowest BCUT2D eigenvalue weighted by molar-refractivity contribution is 0.122. The van der Waals surface area contributed by atoms with E-state index in [2.05, 4.69) is 20.5 Å². The van der Waals surface area contributed by atoms with Gasteiger partial charge in [-0.2, -0.15) is 0 Å². The summed E-state index contributed by atoms with van der Waals surface area (Å²) in [5, 5.41) is 6.19. The Morgan fingerprint density at radius 3 is 2.92 bits per heavy atom. The van der Waals surface area contributed by atoms with E-state index in [1.54, 1.807) is 18.6 Å². The second-order valence-corrected chi connectivity index (χ2v) is 6.21. The Bertz CT molecular complexity index is 686. The minimum Gasteiger partial charge on any atom is -0.378 e. The predicted molar refractivity (Wildman–Crippen MR) is 98.3 cm³/mol. The average Bonchev–Trinajstić information content (AvgIpc) is 3.15. The van der Waals surface area contributed by atoms with Crippen molar-refractivity contribution in [3.63, 3.8) is 0 Å². The van der Waals surface area contributed by atoms with Crippen LogP contribution >= 0.6 is 11.6 Å². The van der Waals surface area contributed by atoms with Crippen LogP contribution in [-0.2, 0) is 11.3 Å². The van der Waals surface area contributed by atoms with Crippen LogP contribution in [0.25, 0.3) is 0 Å². The van der Waals surface area contributed by atoms with E-state index in [-0.39, 0.29) is 6.03 Å². The summed E-state index contributed by atoms with van der Waals surface area (Å²) in [5.74, 6) is 0. The van der Waals surface area contributed by atoms with Gasteiger partial charge in [-0.15, -0.1) is 0 Å². The molecule has 134 valence electrons. The number of carbonyl (C=O) groups is 1. The Balaban J connectivity index is 1.49. The molecule has 2 heterocycles. The molecule has 0 bridgehead atoms. The summed E-state index contributed by atoms with van der Waals surface area (Å²) in [4.78, 5) is 18.3. The van der Waals surface area contributed by atoms with Crippen LogP contribution in [0, 0.1) is 0 Å². The summed E-state index contributed by atoms with van der Waals surface area (Å²) in [6, 6.07) is 5.41. The molecule has 1 aromatic heterocycles. The van der Waals surface area contributed by atoms with Gasteiger partial charge in [-0.3, -0.25) is 0 Å². The van der Waals surface area contributed by atoms with E-state index in [0.29, 0.717) is 30.5 Å².